The number of carbonyl (C=O) groups is 1. The van der Waals surface area contributed by atoms with E-state index in [4.69, 9.17) is 9.72 Å². The summed E-state index contributed by atoms with van der Waals surface area (Å²) in [6, 6.07) is 14.3. The van der Waals surface area contributed by atoms with Crippen molar-refractivity contribution in [3.8, 4) is 5.75 Å². The zero-order valence-electron chi connectivity index (χ0n) is 18.5. The van der Waals surface area contributed by atoms with Gasteiger partial charge in [-0.3, -0.25) is 9.69 Å². The summed E-state index contributed by atoms with van der Waals surface area (Å²) in [4.78, 5) is 24.2. The van der Waals surface area contributed by atoms with Crippen molar-refractivity contribution in [3.05, 3.63) is 42.5 Å². The molecule has 0 N–H and O–H groups in total. The summed E-state index contributed by atoms with van der Waals surface area (Å²) in [5.74, 6) is 1.90. The Hall–Kier alpha value is -1.74. The van der Waals surface area contributed by atoms with Gasteiger partial charge in [0.05, 0.1) is 17.3 Å². The topological polar surface area (TPSA) is 45.7 Å². The van der Waals surface area contributed by atoms with Gasteiger partial charge in [-0.15, -0.1) is 23.5 Å². The lowest BCUT2D eigenvalue weighted by molar-refractivity contribution is -0.118. The molecule has 0 aliphatic heterocycles. The van der Waals surface area contributed by atoms with Crippen molar-refractivity contribution in [1.82, 2.24) is 9.88 Å². The molecule has 0 saturated heterocycles. The van der Waals surface area contributed by atoms with Gasteiger partial charge in [-0.1, -0.05) is 11.3 Å². The third-order valence-corrected chi connectivity index (χ3v) is 7.62. The minimum Gasteiger partial charge on any atom is -0.497 e. The largest absolute Gasteiger partial charge is 0.497 e. The molecule has 0 fully saturated rings. The summed E-state index contributed by atoms with van der Waals surface area (Å²) in [6.45, 7) is 1.45. The molecule has 0 aliphatic carbocycles. The lowest BCUT2D eigenvalue weighted by atomic mass is 10.3. The average molecular weight is 476 g/mol. The molecule has 1 aromatic heterocycles. The highest BCUT2D eigenvalue weighted by Gasteiger charge is 2.19. The average Bonchev–Trinajstić information content (AvgIpc) is 3.19. The van der Waals surface area contributed by atoms with Crippen molar-refractivity contribution in [3.63, 3.8) is 0 Å². The second-order valence-corrected chi connectivity index (χ2v) is 10.4. The Labute approximate surface area is 197 Å². The number of nitrogens with zero attached hydrogens (tertiary/aromatic N) is 3. The summed E-state index contributed by atoms with van der Waals surface area (Å²) < 4.78 is 6.32. The fourth-order valence-electron chi connectivity index (χ4n) is 2.98. The van der Waals surface area contributed by atoms with Gasteiger partial charge in [0.2, 0.25) is 5.91 Å². The first-order valence-electron chi connectivity index (χ1n) is 10.2. The minimum absolute atomic E-state index is 0.140. The fraction of sp³-hybridized carbons (Fsp3) is 0.391. The van der Waals surface area contributed by atoms with E-state index in [9.17, 15) is 4.79 Å². The fourth-order valence-corrected chi connectivity index (χ4v) is 5.40. The zero-order valence-corrected chi connectivity index (χ0v) is 20.9. The highest BCUT2D eigenvalue weighted by Crippen LogP contribution is 2.32. The van der Waals surface area contributed by atoms with Crippen LogP contribution >= 0.6 is 34.9 Å². The quantitative estimate of drug-likeness (QED) is 0.270. The second kappa shape index (κ2) is 11.8. The van der Waals surface area contributed by atoms with Crippen molar-refractivity contribution in [1.29, 1.82) is 0 Å². The van der Waals surface area contributed by atoms with Crippen LogP contribution in [-0.2, 0) is 4.79 Å². The Morgan fingerprint density at radius 3 is 2.52 bits per heavy atom. The first kappa shape index (κ1) is 23.9. The lowest BCUT2D eigenvalue weighted by Gasteiger charge is -2.22. The molecule has 0 aliphatic rings. The molecule has 0 bridgehead atoms. The van der Waals surface area contributed by atoms with E-state index in [0.717, 1.165) is 39.8 Å². The van der Waals surface area contributed by atoms with Crippen LogP contribution in [0.3, 0.4) is 0 Å². The Morgan fingerprint density at radius 1 is 1.10 bits per heavy atom. The molecule has 0 spiro atoms. The van der Waals surface area contributed by atoms with Crippen LogP contribution in [0.1, 0.15) is 12.8 Å². The monoisotopic (exact) mass is 475 g/mol. The van der Waals surface area contributed by atoms with Crippen molar-refractivity contribution < 1.29 is 9.53 Å². The van der Waals surface area contributed by atoms with E-state index >= 15 is 0 Å². The molecule has 1 amide bonds. The zero-order chi connectivity index (χ0) is 22.2. The third-order valence-electron chi connectivity index (χ3n) is 4.75. The number of amides is 1. The Balaban J connectivity index is 1.62. The number of hydrogen-bond donors (Lipinski definition) is 0. The number of aromatic nitrogens is 1. The van der Waals surface area contributed by atoms with E-state index < -0.39 is 0 Å². The Kier molecular flexibility index (Phi) is 9.07. The van der Waals surface area contributed by atoms with Crippen molar-refractivity contribution >= 4 is 56.1 Å². The van der Waals surface area contributed by atoms with Gasteiger partial charge in [-0.2, -0.15) is 0 Å². The van der Waals surface area contributed by atoms with Crippen molar-refractivity contribution in [2.75, 3.05) is 51.2 Å². The SMILES string of the molecule is COc1ccc(SCCCC(=O)N(CCN(C)C)c2nc3ccc(SC)cc3s2)cc1. The van der Waals surface area contributed by atoms with E-state index in [1.54, 1.807) is 42.0 Å². The second-order valence-electron chi connectivity index (χ2n) is 7.31. The standard InChI is InChI=1S/C23H29N3O2S3/c1-25(2)13-14-26(23-24-20-12-11-19(29-4)16-21(20)31-23)22(27)6-5-15-30-18-9-7-17(28-3)8-10-18/h7-12,16H,5-6,13-15H2,1-4H3. The maximum atomic E-state index is 13.1. The molecule has 0 unspecified atom stereocenters. The van der Waals surface area contributed by atoms with Crippen LogP contribution < -0.4 is 9.64 Å². The van der Waals surface area contributed by atoms with E-state index in [0.29, 0.717) is 13.0 Å². The molecular weight excluding hydrogens is 446 g/mol. The number of likely N-dealkylation sites (N-methyl/N-ethyl adjacent to an activating group) is 1. The number of ether oxygens (including phenoxy) is 1. The number of hydrogen-bond acceptors (Lipinski definition) is 7. The van der Waals surface area contributed by atoms with Gasteiger partial charge in [0, 0.05) is 29.3 Å². The molecule has 5 nitrogen and oxygen atoms in total. The number of methoxy groups -OCH3 is 1. The normalized spacial score (nSPS) is 11.3. The van der Waals surface area contributed by atoms with Crippen molar-refractivity contribution in [2.24, 2.45) is 0 Å². The molecule has 8 heteroatoms. The van der Waals surface area contributed by atoms with Crippen LogP contribution in [0.5, 0.6) is 5.75 Å². The van der Waals surface area contributed by atoms with Gasteiger partial charge < -0.3 is 9.64 Å². The molecule has 3 aromatic rings. The third kappa shape index (κ3) is 6.87. The van der Waals surface area contributed by atoms with E-state index in [-0.39, 0.29) is 5.91 Å². The molecule has 0 radical (unpaired) electrons. The van der Waals surface area contributed by atoms with Gasteiger partial charge >= 0.3 is 0 Å². The Bertz CT molecular complexity index is 989. The molecule has 3 rings (SSSR count). The van der Waals surface area contributed by atoms with Crippen LogP contribution in [0.25, 0.3) is 10.2 Å². The highest BCUT2D eigenvalue weighted by molar-refractivity contribution is 7.99. The Morgan fingerprint density at radius 2 is 1.84 bits per heavy atom. The molecule has 166 valence electrons. The van der Waals surface area contributed by atoms with Crippen LogP contribution in [0.2, 0.25) is 0 Å². The number of benzene rings is 2. The number of rotatable bonds is 11. The summed E-state index contributed by atoms with van der Waals surface area (Å²) in [7, 11) is 5.72. The minimum atomic E-state index is 0.140. The van der Waals surface area contributed by atoms with Crippen LogP contribution in [0.4, 0.5) is 5.13 Å². The van der Waals surface area contributed by atoms with E-state index in [1.165, 1.54) is 9.79 Å². The van der Waals surface area contributed by atoms with Gasteiger partial charge in [-0.25, -0.2) is 4.98 Å². The summed E-state index contributed by atoms with van der Waals surface area (Å²) >= 11 is 5.08. The van der Waals surface area contributed by atoms with Gasteiger partial charge in [0.15, 0.2) is 5.13 Å². The first-order chi connectivity index (χ1) is 15.0. The molecule has 0 saturated carbocycles. The van der Waals surface area contributed by atoms with E-state index in [1.807, 2.05) is 37.2 Å². The van der Waals surface area contributed by atoms with Crippen LogP contribution in [-0.4, -0.2) is 62.1 Å². The highest BCUT2D eigenvalue weighted by atomic mass is 32.2. The summed E-state index contributed by atoms with van der Waals surface area (Å²) in [6.07, 6.45) is 3.41. The molecule has 1 heterocycles. The predicted octanol–water partition coefficient (Wildman–Crippen LogP) is 5.49. The number of thiazole rings is 1. The number of anilines is 1. The maximum Gasteiger partial charge on any atom is 0.228 e. The predicted molar refractivity (Wildman–Crippen MR) is 135 cm³/mol. The van der Waals surface area contributed by atoms with Crippen molar-refractivity contribution in [2.45, 2.75) is 22.6 Å². The molecule has 2 aromatic carbocycles. The first-order valence-corrected chi connectivity index (χ1v) is 13.2. The van der Waals surface area contributed by atoms with Gasteiger partial charge in [0.1, 0.15) is 5.75 Å². The summed E-state index contributed by atoms with van der Waals surface area (Å²) in [5, 5.41) is 0.794. The van der Waals surface area contributed by atoms with Gasteiger partial charge in [0.25, 0.3) is 0 Å². The molecule has 0 atom stereocenters. The van der Waals surface area contributed by atoms with Gasteiger partial charge in [-0.05, 0) is 75.0 Å². The number of fused-ring (bicyclic) bond motifs is 1. The summed E-state index contributed by atoms with van der Waals surface area (Å²) in [5.41, 5.74) is 0.954. The molecule has 31 heavy (non-hydrogen) atoms. The maximum absolute atomic E-state index is 13.1. The van der Waals surface area contributed by atoms with E-state index in [2.05, 4.69) is 35.4 Å². The number of thioether (sulfide) groups is 2. The lowest BCUT2D eigenvalue weighted by Crippen LogP contribution is -2.36. The number of carbonyl (C=O) groups excluding carboxylic acids is 1. The van der Waals surface area contributed by atoms with Crippen LogP contribution in [0.15, 0.2) is 52.3 Å². The van der Waals surface area contributed by atoms with Crippen LogP contribution in [0, 0.1) is 0 Å². The smallest absolute Gasteiger partial charge is 0.228 e. The molecular formula is C23H29N3O2S3.